The molecule has 0 aliphatic carbocycles. The van der Waals surface area contributed by atoms with E-state index in [9.17, 15) is 0 Å². The summed E-state index contributed by atoms with van der Waals surface area (Å²) in [5.74, 6) is 1.63. The maximum absolute atomic E-state index is 9.04. The Labute approximate surface area is 121 Å². The number of benzene rings is 2. The molecule has 0 unspecified atom stereocenters. The molecule has 4 heteroatoms. The van der Waals surface area contributed by atoms with Gasteiger partial charge in [-0.15, -0.1) is 0 Å². The number of rotatable bonds is 2. The Kier molecular flexibility index (Phi) is 2.67. The summed E-state index contributed by atoms with van der Waals surface area (Å²) in [5.41, 5.74) is 2.88. The van der Waals surface area contributed by atoms with Gasteiger partial charge in [0.05, 0.1) is 5.69 Å². The average molecular weight is 278 g/mol. The quantitative estimate of drug-likeness (QED) is 0.568. The monoisotopic (exact) mass is 278 g/mol. The van der Waals surface area contributed by atoms with Crippen molar-refractivity contribution in [2.24, 2.45) is 5.16 Å². The fourth-order valence-corrected chi connectivity index (χ4v) is 2.86. The molecule has 0 saturated heterocycles. The van der Waals surface area contributed by atoms with Crippen molar-refractivity contribution < 1.29 is 9.94 Å². The molecule has 0 amide bonds. The molecule has 2 aromatic carbocycles. The third-order valence-corrected chi connectivity index (χ3v) is 3.84. The Morgan fingerprint density at radius 1 is 1.00 bits per heavy atom. The van der Waals surface area contributed by atoms with Gasteiger partial charge < -0.3 is 14.5 Å². The minimum Gasteiger partial charge on any atom is -0.457 e. The normalized spacial score (nSPS) is 15.5. The van der Waals surface area contributed by atoms with E-state index in [-0.39, 0.29) is 0 Å². The van der Waals surface area contributed by atoms with E-state index in [2.05, 4.69) is 21.9 Å². The van der Waals surface area contributed by atoms with Crippen LogP contribution in [0.25, 0.3) is 10.9 Å². The largest absolute Gasteiger partial charge is 0.457 e. The fraction of sp³-hybridized carbons (Fsp3) is 0.118. The van der Waals surface area contributed by atoms with Gasteiger partial charge in [0.1, 0.15) is 17.2 Å². The van der Waals surface area contributed by atoms with Crippen LogP contribution in [0.2, 0.25) is 0 Å². The zero-order valence-electron chi connectivity index (χ0n) is 11.4. The van der Waals surface area contributed by atoms with Crippen LogP contribution in [0.15, 0.2) is 59.8 Å². The maximum atomic E-state index is 9.04. The average Bonchev–Trinajstić information content (AvgIpc) is 3.06. The highest BCUT2D eigenvalue weighted by molar-refractivity contribution is 6.05. The van der Waals surface area contributed by atoms with Crippen LogP contribution in [0.3, 0.4) is 0 Å². The number of oxime groups is 1. The molecule has 2 heterocycles. The molecule has 1 aliphatic heterocycles. The lowest BCUT2D eigenvalue weighted by atomic mass is 10.2. The van der Waals surface area contributed by atoms with Gasteiger partial charge in [0.25, 0.3) is 0 Å². The number of para-hydroxylation sites is 1. The first-order chi connectivity index (χ1) is 10.3. The molecule has 0 spiro atoms. The molecule has 1 aliphatic rings. The van der Waals surface area contributed by atoms with Crippen molar-refractivity contribution in [1.29, 1.82) is 0 Å². The van der Waals surface area contributed by atoms with Crippen molar-refractivity contribution in [2.75, 3.05) is 0 Å². The molecule has 104 valence electrons. The van der Waals surface area contributed by atoms with E-state index < -0.39 is 0 Å². The highest BCUT2D eigenvalue weighted by Crippen LogP contribution is 2.30. The van der Waals surface area contributed by atoms with Gasteiger partial charge in [0, 0.05) is 23.9 Å². The van der Waals surface area contributed by atoms with Crippen LogP contribution in [-0.2, 0) is 6.54 Å². The van der Waals surface area contributed by atoms with E-state index in [4.69, 9.17) is 9.94 Å². The molecule has 0 fully saturated rings. The van der Waals surface area contributed by atoms with Crippen molar-refractivity contribution in [2.45, 2.75) is 13.0 Å². The van der Waals surface area contributed by atoms with Crippen LogP contribution in [0.1, 0.15) is 12.1 Å². The summed E-state index contributed by atoms with van der Waals surface area (Å²) in [6.07, 6.45) is 0.782. The Morgan fingerprint density at radius 2 is 1.86 bits per heavy atom. The second-order valence-electron chi connectivity index (χ2n) is 5.11. The molecule has 21 heavy (non-hydrogen) atoms. The summed E-state index contributed by atoms with van der Waals surface area (Å²) in [7, 11) is 0. The third kappa shape index (κ3) is 1.96. The van der Waals surface area contributed by atoms with E-state index in [0.29, 0.717) is 0 Å². The zero-order valence-corrected chi connectivity index (χ0v) is 11.4. The first-order valence-corrected chi connectivity index (χ1v) is 6.92. The highest BCUT2D eigenvalue weighted by atomic mass is 16.5. The molecule has 0 radical (unpaired) electrons. The van der Waals surface area contributed by atoms with Gasteiger partial charge in [0.2, 0.25) is 0 Å². The van der Waals surface area contributed by atoms with Crippen molar-refractivity contribution in [3.63, 3.8) is 0 Å². The predicted molar refractivity (Wildman–Crippen MR) is 81.4 cm³/mol. The van der Waals surface area contributed by atoms with Crippen molar-refractivity contribution >= 4 is 16.6 Å². The molecule has 4 rings (SSSR count). The number of aromatic nitrogens is 1. The summed E-state index contributed by atoms with van der Waals surface area (Å²) >= 11 is 0. The summed E-state index contributed by atoms with van der Waals surface area (Å²) in [6, 6.07) is 17.8. The van der Waals surface area contributed by atoms with E-state index in [0.717, 1.165) is 46.8 Å². The van der Waals surface area contributed by atoms with Gasteiger partial charge >= 0.3 is 0 Å². The molecular weight excluding hydrogens is 264 g/mol. The Hall–Kier alpha value is -2.75. The van der Waals surface area contributed by atoms with Crippen LogP contribution in [0.5, 0.6) is 11.5 Å². The topological polar surface area (TPSA) is 46.8 Å². The Morgan fingerprint density at radius 3 is 2.67 bits per heavy atom. The van der Waals surface area contributed by atoms with Crippen LogP contribution < -0.4 is 4.74 Å². The van der Waals surface area contributed by atoms with E-state index >= 15 is 0 Å². The number of ether oxygens (including phenoxy) is 1. The van der Waals surface area contributed by atoms with Crippen LogP contribution in [0, 0.1) is 0 Å². The molecule has 4 nitrogen and oxygen atoms in total. The highest BCUT2D eigenvalue weighted by Gasteiger charge is 2.21. The third-order valence-electron chi connectivity index (χ3n) is 3.84. The van der Waals surface area contributed by atoms with Gasteiger partial charge in [-0.1, -0.05) is 23.4 Å². The molecule has 1 N–H and O–H groups in total. The van der Waals surface area contributed by atoms with Gasteiger partial charge in [-0.3, -0.25) is 0 Å². The summed E-state index contributed by atoms with van der Waals surface area (Å²) in [6.45, 7) is 0.858. The van der Waals surface area contributed by atoms with Gasteiger partial charge in [-0.2, -0.15) is 0 Å². The minimum absolute atomic E-state index is 0.747. The predicted octanol–water partition coefficient (Wildman–Crippen LogP) is 4.02. The molecule has 0 atom stereocenters. The smallest absolute Gasteiger partial charge is 0.128 e. The Balaban J connectivity index is 1.75. The summed E-state index contributed by atoms with van der Waals surface area (Å²) in [5, 5.41) is 13.5. The first-order valence-electron chi connectivity index (χ1n) is 6.92. The lowest BCUT2D eigenvalue weighted by molar-refractivity contribution is 0.318. The van der Waals surface area contributed by atoms with E-state index in [1.807, 2.05) is 42.5 Å². The lowest BCUT2D eigenvalue weighted by Crippen LogP contribution is -1.93. The van der Waals surface area contributed by atoms with E-state index in [1.165, 1.54) is 0 Å². The van der Waals surface area contributed by atoms with Gasteiger partial charge in [-0.05, 0) is 36.4 Å². The lowest BCUT2D eigenvalue weighted by Gasteiger charge is -2.06. The summed E-state index contributed by atoms with van der Waals surface area (Å²) < 4.78 is 8.03. The molecular formula is C17H14N2O2. The molecule has 3 aromatic rings. The standard InChI is InChI=1S/C17H14N2O2/c20-18-15-8-9-19-16-7-6-14(10-12(16)11-17(15)19)21-13-4-2-1-3-5-13/h1-7,10-11,20H,8-9H2/b18-15+. The van der Waals surface area contributed by atoms with Crippen molar-refractivity contribution in [1.82, 2.24) is 4.57 Å². The maximum Gasteiger partial charge on any atom is 0.128 e. The van der Waals surface area contributed by atoms with Crippen molar-refractivity contribution in [3.8, 4) is 11.5 Å². The summed E-state index contributed by atoms with van der Waals surface area (Å²) in [4.78, 5) is 0. The van der Waals surface area contributed by atoms with Gasteiger partial charge in [0.15, 0.2) is 0 Å². The number of hydrogen-bond donors (Lipinski definition) is 1. The molecule has 0 saturated carbocycles. The second kappa shape index (κ2) is 4.66. The first kappa shape index (κ1) is 12.0. The van der Waals surface area contributed by atoms with Crippen LogP contribution >= 0.6 is 0 Å². The number of hydrogen-bond acceptors (Lipinski definition) is 3. The fourth-order valence-electron chi connectivity index (χ4n) is 2.86. The van der Waals surface area contributed by atoms with Crippen LogP contribution in [0.4, 0.5) is 0 Å². The molecule has 1 aromatic heterocycles. The van der Waals surface area contributed by atoms with E-state index in [1.54, 1.807) is 0 Å². The minimum atomic E-state index is 0.747. The number of fused-ring (bicyclic) bond motifs is 3. The zero-order chi connectivity index (χ0) is 14.2. The van der Waals surface area contributed by atoms with Crippen molar-refractivity contribution in [3.05, 3.63) is 60.3 Å². The number of nitrogens with zero attached hydrogens (tertiary/aromatic N) is 2. The molecule has 0 bridgehead atoms. The number of aryl methyl sites for hydroxylation is 1. The second-order valence-corrected chi connectivity index (χ2v) is 5.11. The van der Waals surface area contributed by atoms with Gasteiger partial charge in [-0.25, -0.2) is 0 Å². The van der Waals surface area contributed by atoms with Crippen LogP contribution in [-0.4, -0.2) is 15.5 Å². The Bertz CT molecular complexity index is 835. The SMILES string of the molecule is O/N=C1\CCn2c1cc1cc(Oc3ccccc3)ccc12.